The van der Waals surface area contributed by atoms with Crippen molar-refractivity contribution in [1.82, 2.24) is 0 Å². The highest BCUT2D eigenvalue weighted by Crippen LogP contribution is 2.31. The Balaban J connectivity index is 2.44. The third kappa shape index (κ3) is 3.50. The predicted octanol–water partition coefficient (Wildman–Crippen LogP) is 3.97. The van der Waals surface area contributed by atoms with Crippen LogP contribution in [0.25, 0.3) is 0 Å². The Bertz CT molecular complexity index is 750. The third-order valence-corrected chi connectivity index (χ3v) is 2.86. The molecule has 22 heavy (non-hydrogen) atoms. The summed E-state index contributed by atoms with van der Waals surface area (Å²) in [5.74, 6) is -1.51. The van der Waals surface area contributed by atoms with Gasteiger partial charge in [-0.3, -0.25) is 10.1 Å². The van der Waals surface area contributed by atoms with Crippen molar-refractivity contribution in [3.63, 3.8) is 0 Å². The number of carbonyl (C=O) groups excluding carboxylic acids is 1. The summed E-state index contributed by atoms with van der Waals surface area (Å²) in [6.45, 7) is 0. The number of methoxy groups -OCH3 is 1. The number of nitro benzene ring substituents is 1. The maximum absolute atomic E-state index is 13.3. The Kier molecular flexibility index (Phi) is 4.57. The summed E-state index contributed by atoms with van der Waals surface area (Å²) in [6, 6.07) is 6.79. The molecule has 8 heteroatoms. The van der Waals surface area contributed by atoms with Crippen molar-refractivity contribution in [3.8, 4) is 11.5 Å². The molecule has 0 bridgehead atoms. The van der Waals surface area contributed by atoms with Gasteiger partial charge in [0.25, 0.3) is 5.69 Å². The molecule has 114 valence electrons. The summed E-state index contributed by atoms with van der Waals surface area (Å²) in [4.78, 5) is 21.8. The van der Waals surface area contributed by atoms with Crippen LogP contribution in [0, 0.1) is 15.9 Å². The Morgan fingerprint density at radius 2 is 2.00 bits per heavy atom. The second-order valence-corrected chi connectivity index (χ2v) is 4.57. The van der Waals surface area contributed by atoms with E-state index in [4.69, 9.17) is 16.3 Å². The molecule has 0 amide bonds. The zero-order valence-electron chi connectivity index (χ0n) is 11.2. The zero-order valence-corrected chi connectivity index (χ0v) is 12.0. The lowest BCUT2D eigenvalue weighted by Crippen LogP contribution is -2.04. The van der Waals surface area contributed by atoms with Gasteiger partial charge in [-0.1, -0.05) is 11.6 Å². The minimum absolute atomic E-state index is 0.00467. The normalized spacial score (nSPS) is 10.1. The Morgan fingerprint density at radius 3 is 2.64 bits per heavy atom. The number of ether oxygens (including phenoxy) is 2. The molecule has 0 fully saturated rings. The van der Waals surface area contributed by atoms with Crippen LogP contribution in [-0.2, 0) is 4.74 Å². The molecule has 0 radical (unpaired) electrons. The van der Waals surface area contributed by atoms with E-state index in [0.29, 0.717) is 0 Å². The van der Waals surface area contributed by atoms with Crippen LogP contribution in [0.3, 0.4) is 0 Å². The molecule has 0 aliphatic heterocycles. The van der Waals surface area contributed by atoms with Crippen LogP contribution in [0.4, 0.5) is 10.1 Å². The fourth-order valence-corrected chi connectivity index (χ4v) is 1.92. The first-order chi connectivity index (χ1) is 10.4. The van der Waals surface area contributed by atoms with Crippen LogP contribution in [0.1, 0.15) is 10.4 Å². The predicted molar refractivity (Wildman–Crippen MR) is 75.9 cm³/mol. The van der Waals surface area contributed by atoms with Crippen molar-refractivity contribution >= 4 is 23.3 Å². The smallest absolute Gasteiger partial charge is 0.341 e. The molecule has 0 saturated carbocycles. The highest BCUT2D eigenvalue weighted by molar-refractivity contribution is 6.30. The van der Waals surface area contributed by atoms with Crippen molar-refractivity contribution in [2.75, 3.05) is 7.11 Å². The van der Waals surface area contributed by atoms with Crippen LogP contribution >= 0.6 is 11.6 Å². The topological polar surface area (TPSA) is 78.7 Å². The number of nitro groups is 1. The lowest BCUT2D eigenvalue weighted by Gasteiger charge is -2.10. The molecule has 0 aliphatic carbocycles. The molecule has 6 nitrogen and oxygen atoms in total. The molecule has 0 N–H and O–H groups in total. The number of hydrogen-bond donors (Lipinski definition) is 0. The highest BCUT2D eigenvalue weighted by Gasteiger charge is 2.17. The molecule has 0 aromatic heterocycles. The van der Waals surface area contributed by atoms with Crippen LogP contribution in [0.2, 0.25) is 5.02 Å². The summed E-state index contributed by atoms with van der Waals surface area (Å²) in [7, 11) is 1.17. The van der Waals surface area contributed by atoms with Gasteiger partial charge in [-0.05, 0) is 18.2 Å². The number of esters is 1. The maximum atomic E-state index is 13.3. The molecule has 0 aliphatic rings. The van der Waals surface area contributed by atoms with E-state index in [9.17, 15) is 19.3 Å². The van der Waals surface area contributed by atoms with E-state index in [2.05, 4.69) is 4.74 Å². The van der Waals surface area contributed by atoms with E-state index in [-0.39, 0.29) is 27.8 Å². The second-order valence-electron chi connectivity index (χ2n) is 4.14. The molecule has 0 atom stereocenters. The van der Waals surface area contributed by atoms with E-state index < -0.39 is 16.7 Å². The number of non-ortho nitro benzene ring substituents is 1. The Morgan fingerprint density at radius 1 is 1.27 bits per heavy atom. The summed E-state index contributed by atoms with van der Waals surface area (Å²) < 4.78 is 23.3. The van der Waals surface area contributed by atoms with Crippen molar-refractivity contribution in [1.29, 1.82) is 0 Å². The lowest BCUT2D eigenvalue weighted by molar-refractivity contribution is -0.384. The highest BCUT2D eigenvalue weighted by atomic mass is 35.5. The van der Waals surface area contributed by atoms with Crippen LogP contribution in [-0.4, -0.2) is 18.0 Å². The number of nitrogens with zero attached hydrogens (tertiary/aromatic N) is 1. The van der Waals surface area contributed by atoms with Gasteiger partial charge >= 0.3 is 5.97 Å². The Hall–Kier alpha value is -2.67. The van der Waals surface area contributed by atoms with Gasteiger partial charge in [-0.25, -0.2) is 9.18 Å². The van der Waals surface area contributed by atoms with Gasteiger partial charge in [0.1, 0.15) is 22.9 Å². The second kappa shape index (κ2) is 6.40. The third-order valence-electron chi connectivity index (χ3n) is 2.64. The average Bonchev–Trinajstić information content (AvgIpc) is 2.46. The van der Waals surface area contributed by atoms with Crippen molar-refractivity contribution in [2.45, 2.75) is 0 Å². The molecule has 2 aromatic carbocycles. The molecular formula is C14H9ClFNO5. The number of rotatable bonds is 4. The standard InChI is InChI=1S/C14H9ClFNO5/c1-21-14(18)12-3-2-9(16)6-13(12)22-11-5-8(15)4-10(7-11)17(19)20/h2-7H,1H3. The first kappa shape index (κ1) is 15.7. The van der Waals surface area contributed by atoms with Gasteiger partial charge in [0.15, 0.2) is 0 Å². The number of hydrogen-bond acceptors (Lipinski definition) is 5. The first-order valence-electron chi connectivity index (χ1n) is 5.91. The molecule has 2 aromatic rings. The molecule has 0 heterocycles. The monoisotopic (exact) mass is 325 g/mol. The molecule has 2 rings (SSSR count). The fraction of sp³-hybridized carbons (Fsp3) is 0.0714. The lowest BCUT2D eigenvalue weighted by atomic mass is 10.2. The summed E-state index contributed by atoms with van der Waals surface area (Å²) in [5, 5.41) is 10.9. The molecule has 0 saturated heterocycles. The fourth-order valence-electron chi connectivity index (χ4n) is 1.70. The quantitative estimate of drug-likeness (QED) is 0.483. The van der Waals surface area contributed by atoms with Gasteiger partial charge in [-0.2, -0.15) is 0 Å². The van der Waals surface area contributed by atoms with Gasteiger partial charge in [0.05, 0.1) is 23.1 Å². The summed E-state index contributed by atoms with van der Waals surface area (Å²) in [5.41, 5.74) is -0.315. The maximum Gasteiger partial charge on any atom is 0.341 e. The van der Waals surface area contributed by atoms with E-state index in [1.165, 1.54) is 19.2 Å². The molecule has 0 spiro atoms. The zero-order chi connectivity index (χ0) is 16.3. The molecular weight excluding hydrogens is 317 g/mol. The van der Waals surface area contributed by atoms with Crippen molar-refractivity contribution < 1.29 is 23.6 Å². The van der Waals surface area contributed by atoms with Gasteiger partial charge in [0, 0.05) is 12.1 Å². The number of benzene rings is 2. The minimum Gasteiger partial charge on any atom is -0.465 e. The number of halogens is 2. The summed E-state index contributed by atoms with van der Waals surface area (Å²) in [6.07, 6.45) is 0. The van der Waals surface area contributed by atoms with Gasteiger partial charge in [-0.15, -0.1) is 0 Å². The Labute approximate surface area is 129 Å². The molecule has 0 unspecified atom stereocenters. The largest absolute Gasteiger partial charge is 0.465 e. The van der Waals surface area contributed by atoms with Gasteiger partial charge < -0.3 is 9.47 Å². The van der Waals surface area contributed by atoms with Crippen molar-refractivity contribution in [3.05, 3.63) is 62.9 Å². The number of carbonyl (C=O) groups is 1. The SMILES string of the molecule is COC(=O)c1ccc(F)cc1Oc1cc(Cl)cc([N+](=O)[O-])c1. The van der Waals surface area contributed by atoms with Crippen LogP contribution < -0.4 is 4.74 Å². The van der Waals surface area contributed by atoms with E-state index >= 15 is 0 Å². The van der Waals surface area contributed by atoms with Crippen molar-refractivity contribution in [2.24, 2.45) is 0 Å². The van der Waals surface area contributed by atoms with E-state index in [1.54, 1.807) is 0 Å². The van der Waals surface area contributed by atoms with E-state index in [0.717, 1.165) is 24.3 Å². The van der Waals surface area contributed by atoms with E-state index in [1.807, 2.05) is 0 Å². The van der Waals surface area contributed by atoms with Crippen LogP contribution in [0.5, 0.6) is 11.5 Å². The van der Waals surface area contributed by atoms with Crippen LogP contribution in [0.15, 0.2) is 36.4 Å². The summed E-state index contributed by atoms with van der Waals surface area (Å²) >= 11 is 5.77. The first-order valence-corrected chi connectivity index (χ1v) is 6.29. The average molecular weight is 326 g/mol. The van der Waals surface area contributed by atoms with Gasteiger partial charge in [0.2, 0.25) is 0 Å². The minimum atomic E-state index is -0.730.